The standard InChI is InChI=1S/C13H16BrNO2/c1-9-7-11(14)4-5-12(9)15-6-2-3-10(8-15)13(16)17/h4-5,7,10H,2-3,6,8H2,1H3,(H,16,17). The third-order valence-corrected chi connectivity index (χ3v) is 3.76. The highest BCUT2D eigenvalue weighted by atomic mass is 79.9. The third kappa shape index (κ3) is 2.80. The van der Waals surface area contributed by atoms with Gasteiger partial charge in [-0.25, -0.2) is 0 Å². The minimum Gasteiger partial charge on any atom is -0.481 e. The van der Waals surface area contributed by atoms with Gasteiger partial charge in [0.1, 0.15) is 0 Å². The molecule has 3 nitrogen and oxygen atoms in total. The van der Waals surface area contributed by atoms with Crippen LogP contribution in [0, 0.1) is 12.8 Å². The van der Waals surface area contributed by atoms with Crippen LogP contribution in [0.2, 0.25) is 0 Å². The van der Waals surface area contributed by atoms with Gasteiger partial charge in [0.15, 0.2) is 0 Å². The molecule has 0 radical (unpaired) electrons. The molecular formula is C13H16BrNO2. The number of aryl methyl sites for hydroxylation is 1. The van der Waals surface area contributed by atoms with E-state index in [0.717, 1.165) is 29.5 Å². The number of anilines is 1. The molecule has 0 saturated carbocycles. The van der Waals surface area contributed by atoms with Gasteiger partial charge in [0.05, 0.1) is 5.92 Å². The van der Waals surface area contributed by atoms with Gasteiger partial charge in [-0.2, -0.15) is 0 Å². The second kappa shape index (κ2) is 5.08. The zero-order valence-electron chi connectivity index (χ0n) is 9.82. The maximum absolute atomic E-state index is 11.0. The summed E-state index contributed by atoms with van der Waals surface area (Å²) in [5, 5.41) is 9.08. The van der Waals surface area contributed by atoms with Crippen LogP contribution in [-0.2, 0) is 4.79 Å². The Morgan fingerprint density at radius 1 is 1.53 bits per heavy atom. The fourth-order valence-electron chi connectivity index (χ4n) is 2.37. The smallest absolute Gasteiger partial charge is 0.308 e. The number of rotatable bonds is 2. The fourth-order valence-corrected chi connectivity index (χ4v) is 2.85. The molecule has 1 aliphatic heterocycles. The van der Waals surface area contributed by atoms with E-state index in [0.29, 0.717) is 6.54 Å². The average Bonchev–Trinajstić information content (AvgIpc) is 2.29. The van der Waals surface area contributed by atoms with Crippen molar-refractivity contribution in [2.75, 3.05) is 18.0 Å². The Hall–Kier alpha value is -1.03. The molecular weight excluding hydrogens is 282 g/mol. The van der Waals surface area contributed by atoms with Crippen LogP contribution in [0.4, 0.5) is 5.69 Å². The lowest BCUT2D eigenvalue weighted by molar-refractivity contribution is -0.141. The lowest BCUT2D eigenvalue weighted by Gasteiger charge is -2.33. The number of carboxylic acid groups (broad SMARTS) is 1. The van der Waals surface area contributed by atoms with Crippen LogP contribution in [-0.4, -0.2) is 24.2 Å². The van der Waals surface area contributed by atoms with Crippen LogP contribution < -0.4 is 4.90 Å². The Kier molecular flexibility index (Phi) is 3.72. The first-order valence-corrected chi connectivity index (χ1v) is 6.61. The third-order valence-electron chi connectivity index (χ3n) is 3.27. The van der Waals surface area contributed by atoms with E-state index >= 15 is 0 Å². The SMILES string of the molecule is Cc1cc(Br)ccc1N1CCCC(C(=O)O)C1. The zero-order chi connectivity index (χ0) is 12.4. The highest BCUT2D eigenvalue weighted by Crippen LogP contribution is 2.28. The summed E-state index contributed by atoms with van der Waals surface area (Å²) in [5.74, 6) is -0.906. The van der Waals surface area contributed by atoms with E-state index in [-0.39, 0.29) is 5.92 Å². The number of benzene rings is 1. The summed E-state index contributed by atoms with van der Waals surface area (Å²) in [6.07, 6.45) is 1.74. The maximum atomic E-state index is 11.0. The summed E-state index contributed by atoms with van der Waals surface area (Å²) in [4.78, 5) is 13.2. The summed E-state index contributed by atoms with van der Waals surface area (Å²) in [6.45, 7) is 3.63. The van der Waals surface area contributed by atoms with Crippen molar-refractivity contribution >= 4 is 27.6 Å². The van der Waals surface area contributed by atoms with Crippen molar-refractivity contribution in [1.29, 1.82) is 0 Å². The monoisotopic (exact) mass is 297 g/mol. The number of hydrogen-bond acceptors (Lipinski definition) is 2. The van der Waals surface area contributed by atoms with Crippen LogP contribution in [0.25, 0.3) is 0 Å². The lowest BCUT2D eigenvalue weighted by Crippen LogP contribution is -2.39. The normalized spacial score (nSPS) is 20.4. The Labute approximate surface area is 110 Å². The molecule has 1 heterocycles. The summed E-state index contributed by atoms with van der Waals surface area (Å²) in [7, 11) is 0. The topological polar surface area (TPSA) is 40.5 Å². The van der Waals surface area contributed by atoms with Gasteiger partial charge in [-0.05, 0) is 43.5 Å². The van der Waals surface area contributed by atoms with E-state index in [1.165, 1.54) is 5.56 Å². The van der Waals surface area contributed by atoms with Crippen molar-refractivity contribution in [2.45, 2.75) is 19.8 Å². The highest BCUT2D eigenvalue weighted by Gasteiger charge is 2.25. The molecule has 1 fully saturated rings. The van der Waals surface area contributed by atoms with Crippen molar-refractivity contribution in [3.05, 3.63) is 28.2 Å². The summed E-state index contributed by atoms with van der Waals surface area (Å²) >= 11 is 3.44. The minimum atomic E-state index is -0.676. The van der Waals surface area contributed by atoms with E-state index in [4.69, 9.17) is 5.11 Å². The molecule has 1 aromatic rings. The van der Waals surface area contributed by atoms with E-state index < -0.39 is 5.97 Å². The first-order chi connectivity index (χ1) is 8.08. The minimum absolute atomic E-state index is 0.230. The maximum Gasteiger partial charge on any atom is 0.308 e. The van der Waals surface area contributed by atoms with Crippen LogP contribution in [0.5, 0.6) is 0 Å². The number of nitrogens with zero attached hydrogens (tertiary/aromatic N) is 1. The molecule has 0 bridgehead atoms. The van der Waals surface area contributed by atoms with Crippen LogP contribution in [0.3, 0.4) is 0 Å². The van der Waals surface area contributed by atoms with Crippen molar-refractivity contribution in [3.63, 3.8) is 0 Å². The van der Waals surface area contributed by atoms with Gasteiger partial charge in [-0.3, -0.25) is 4.79 Å². The van der Waals surface area contributed by atoms with Crippen LogP contribution >= 0.6 is 15.9 Å². The number of carbonyl (C=O) groups is 1. The van der Waals surface area contributed by atoms with E-state index in [9.17, 15) is 4.79 Å². The van der Waals surface area contributed by atoms with Crippen LogP contribution in [0.1, 0.15) is 18.4 Å². The highest BCUT2D eigenvalue weighted by molar-refractivity contribution is 9.10. The summed E-state index contributed by atoms with van der Waals surface area (Å²) < 4.78 is 1.06. The average molecular weight is 298 g/mol. The van der Waals surface area contributed by atoms with Gasteiger partial charge in [0, 0.05) is 23.2 Å². The largest absolute Gasteiger partial charge is 0.481 e. The second-order valence-corrected chi connectivity index (χ2v) is 5.47. The summed E-state index contributed by atoms with van der Waals surface area (Å²) in [6, 6.07) is 6.13. The number of hydrogen-bond donors (Lipinski definition) is 1. The van der Waals surface area contributed by atoms with Gasteiger partial charge in [-0.1, -0.05) is 15.9 Å². The van der Waals surface area contributed by atoms with Crippen molar-refractivity contribution in [2.24, 2.45) is 5.92 Å². The lowest BCUT2D eigenvalue weighted by atomic mass is 9.97. The first kappa shape index (κ1) is 12.4. The molecule has 1 aliphatic rings. The Morgan fingerprint density at radius 2 is 2.29 bits per heavy atom. The molecule has 2 rings (SSSR count). The predicted molar refractivity (Wildman–Crippen MR) is 71.5 cm³/mol. The fraction of sp³-hybridized carbons (Fsp3) is 0.462. The van der Waals surface area contributed by atoms with Gasteiger partial charge in [0.25, 0.3) is 0 Å². The molecule has 1 unspecified atom stereocenters. The molecule has 4 heteroatoms. The molecule has 92 valence electrons. The van der Waals surface area contributed by atoms with Gasteiger partial charge < -0.3 is 10.0 Å². The molecule has 1 N–H and O–H groups in total. The molecule has 1 saturated heterocycles. The quantitative estimate of drug-likeness (QED) is 0.912. The summed E-state index contributed by atoms with van der Waals surface area (Å²) in [5.41, 5.74) is 2.34. The number of halogens is 1. The number of piperidine rings is 1. The van der Waals surface area contributed by atoms with Crippen molar-refractivity contribution < 1.29 is 9.90 Å². The molecule has 1 atom stereocenters. The molecule has 0 aliphatic carbocycles. The number of aliphatic carboxylic acids is 1. The van der Waals surface area contributed by atoms with Crippen molar-refractivity contribution in [1.82, 2.24) is 0 Å². The van der Waals surface area contributed by atoms with Crippen LogP contribution in [0.15, 0.2) is 22.7 Å². The molecule has 0 amide bonds. The van der Waals surface area contributed by atoms with E-state index in [1.54, 1.807) is 0 Å². The second-order valence-electron chi connectivity index (χ2n) is 4.55. The van der Waals surface area contributed by atoms with E-state index in [2.05, 4.69) is 39.9 Å². The van der Waals surface area contributed by atoms with Gasteiger partial charge >= 0.3 is 5.97 Å². The van der Waals surface area contributed by atoms with Gasteiger partial charge in [-0.15, -0.1) is 0 Å². The molecule has 1 aromatic carbocycles. The molecule has 0 spiro atoms. The first-order valence-electron chi connectivity index (χ1n) is 5.82. The van der Waals surface area contributed by atoms with Crippen molar-refractivity contribution in [3.8, 4) is 0 Å². The molecule has 0 aromatic heterocycles. The predicted octanol–water partition coefficient (Wildman–Crippen LogP) is 3.06. The number of carboxylic acids is 1. The van der Waals surface area contributed by atoms with E-state index in [1.807, 2.05) is 6.07 Å². The zero-order valence-corrected chi connectivity index (χ0v) is 11.4. The molecule has 17 heavy (non-hydrogen) atoms. The van der Waals surface area contributed by atoms with Gasteiger partial charge in [0.2, 0.25) is 0 Å². The Bertz CT molecular complexity index is 433. The Morgan fingerprint density at radius 3 is 2.94 bits per heavy atom. The Balaban J connectivity index is 2.19.